The molecule has 0 fully saturated rings. The number of para-hydroxylation sites is 1. The molecule has 0 spiro atoms. The highest BCUT2D eigenvalue weighted by Crippen LogP contribution is 2.23. The van der Waals surface area contributed by atoms with Crippen LogP contribution in [-0.2, 0) is 17.8 Å². The minimum absolute atomic E-state index is 0.167. The zero-order valence-corrected chi connectivity index (χ0v) is 16.1. The first-order valence-corrected chi connectivity index (χ1v) is 9.77. The van der Waals surface area contributed by atoms with Gasteiger partial charge in [0.25, 0.3) is 0 Å². The molecule has 26 heavy (non-hydrogen) atoms. The summed E-state index contributed by atoms with van der Waals surface area (Å²) in [6.07, 6.45) is 2.22. The van der Waals surface area contributed by atoms with E-state index in [1.807, 2.05) is 56.4 Å². The second kappa shape index (κ2) is 8.81. The summed E-state index contributed by atoms with van der Waals surface area (Å²) < 4.78 is 6.65. The molecule has 0 bridgehead atoms. The van der Waals surface area contributed by atoms with E-state index in [-0.39, 0.29) is 5.91 Å². The number of ether oxygens (including phenoxy) is 1. The lowest BCUT2D eigenvalue weighted by Gasteiger charge is -2.17. The van der Waals surface area contributed by atoms with Crippen molar-refractivity contribution in [2.24, 2.45) is 0 Å². The summed E-state index contributed by atoms with van der Waals surface area (Å²) in [6.45, 7) is 3.24. The maximum Gasteiger partial charge on any atom is 0.222 e. The predicted molar refractivity (Wildman–Crippen MR) is 107 cm³/mol. The molecule has 5 heteroatoms. The zero-order valence-electron chi connectivity index (χ0n) is 15.3. The first kappa shape index (κ1) is 18.4. The van der Waals surface area contributed by atoms with Gasteiger partial charge in [0, 0.05) is 20.0 Å². The summed E-state index contributed by atoms with van der Waals surface area (Å²) in [5.74, 6) is 1.03. The molecule has 0 radical (unpaired) electrons. The molecule has 2 aromatic carbocycles. The summed E-state index contributed by atoms with van der Waals surface area (Å²) in [7, 11) is 1.86. The van der Waals surface area contributed by atoms with Crippen molar-refractivity contribution >= 4 is 27.5 Å². The second-order valence-corrected chi connectivity index (χ2v) is 7.37. The van der Waals surface area contributed by atoms with Gasteiger partial charge in [0.15, 0.2) is 0 Å². The van der Waals surface area contributed by atoms with Crippen LogP contribution in [0.25, 0.3) is 10.2 Å². The van der Waals surface area contributed by atoms with Gasteiger partial charge in [-0.2, -0.15) is 0 Å². The third-order valence-corrected chi connectivity index (χ3v) is 5.30. The van der Waals surface area contributed by atoms with Crippen LogP contribution in [-0.4, -0.2) is 29.4 Å². The number of thiazole rings is 1. The number of nitrogens with zero attached hydrogens (tertiary/aromatic N) is 2. The Labute approximate surface area is 158 Å². The first-order chi connectivity index (χ1) is 12.7. The molecule has 0 saturated carbocycles. The Balaban J connectivity index is 1.46. The third kappa shape index (κ3) is 4.82. The monoisotopic (exact) mass is 368 g/mol. The van der Waals surface area contributed by atoms with E-state index in [1.54, 1.807) is 16.2 Å². The van der Waals surface area contributed by atoms with Crippen molar-refractivity contribution in [2.75, 3.05) is 13.7 Å². The molecule has 0 aliphatic heterocycles. The van der Waals surface area contributed by atoms with E-state index in [4.69, 9.17) is 4.74 Å². The van der Waals surface area contributed by atoms with E-state index < -0.39 is 0 Å². The number of aryl methyl sites for hydroxylation is 1. The number of hydrogen-bond donors (Lipinski definition) is 0. The lowest BCUT2D eigenvalue weighted by atomic mass is 10.2. The molecular formula is C21H24N2O2S. The average molecular weight is 369 g/mol. The van der Waals surface area contributed by atoms with Gasteiger partial charge in [-0.3, -0.25) is 4.79 Å². The van der Waals surface area contributed by atoms with Crippen LogP contribution in [0.2, 0.25) is 0 Å². The van der Waals surface area contributed by atoms with Crippen molar-refractivity contribution < 1.29 is 9.53 Å². The Kier molecular flexibility index (Phi) is 6.23. The highest BCUT2D eigenvalue weighted by Gasteiger charge is 2.10. The molecule has 4 nitrogen and oxygen atoms in total. The summed E-state index contributed by atoms with van der Waals surface area (Å²) in [5, 5.41) is 1.10. The number of benzene rings is 2. The number of hydrogen-bond acceptors (Lipinski definition) is 4. The van der Waals surface area contributed by atoms with E-state index >= 15 is 0 Å². The molecule has 1 heterocycles. The molecule has 3 rings (SSSR count). The fourth-order valence-corrected chi connectivity index (χ4v) is 3.84. The van der Waals surface area contributed by atoms with Crippen molar-refractivity contribution in [2.45, 2.75) is 32.7 Å². The number of fused-ring (bicyclic) bond motifs is 1. The van der Waals surface area contributed by atoms with Gasteiger partial charge in [-0.1, -0.05) is 24.3 Å². The normalized spacial score (nSPS) is 10.8. The molecule has 0 atom stereocenters. The highest BCUT2D eigenvalue weighted by molar-refractivity contribution is 7.18. The van der Waals surface area contributed by atoms with E-state index in [2.05, 4.69) is 11.1 Å². The zero-order chi connectivity index (χ0) is 18.4. The summed E-state index contributed by atoms with van der Waals surface area (Å²) >= 11 is 1.72. The number of carbonyl (C=O) groups is 1. The van der Waals surface area contributed by atoms with E-state index in [1.165, 1.54) is 4.70 Å². The summed E-state index contributed by atoms with van der Waals surface area (Å²) in [5.41, 5.74) is 2.15. The van der Waals surface area contributed by atoms with Gasteiger partial charge in [-0.05, 0) is 49.6 Å². The van der Waals surface area contributed by atoms with E-state index in [0.29, 0.717) is 19.6 Å². The van der Waals surface area contributed by atoms with Crippen molar-refractivity contribution in [3.63, 3.8) is 0 Å². The van der Waals surface area contributed by atoms with E-state index in [0.717, 1.165) is 34.7 Å². The highest BCUT2D eigenvalue weighted by atomic mass is 32.1. The van der Waals surface area contributed by atoms with Crippen LogP contribution in [0.4, 0.5) is 0 Å². The van der Waals surface area contributed by atoms with Crippen LogP contribution in [0, 0.1) is 0 Å². The molecule has 0 unspecified atom stereocenters. The third-order valence-electron chi connectivity index (χ3n) is 4.20. The van der Waals surface area contributed by atoms with Crippen molar-refractivity contribution in [1.82, 2.24) is 9.88 Å². The van der Waals surface area contributed by atoms with Crippen molar-refractivity contribution in [3.8, 4) is 5.75 Å². The maximum atomic E-state index is 12.4. The second-order valence-electron chi connectivity index (χ2n) is 6.26. The number of rotatable bonds is 8. The standard InChI is InChI=1S/C21H24N2O2S/c1-3-25-17-13-11-16(12-14-17)15-23(2)21(24)10-6-9-20-22-18-7-4-5-8-19(18)26-20/h4-5,7-8,11-14H,3,6,9-10,15H2,1-2H3. The Morgan fingerprint density at radius 3 is 2.65 bits per heavy atom. The van der Waals surface area contributed by atoms with Crippen molar-refractivity contribution in [3.05, 3.63) is 59.1 Å². The Bertz CT molecular complexity index is 825. The van der Waals surface area contributed by atoms with Gasteiger partial charge in [-0.15, -0.1) is 11.3 Å². The van der Waals surface area contributed by atoms with Gasteiger partial charge < -0.3 is 9.64 Å². The maximum absolute atomic E-state index is 12.4. The number of amides is 1. The van der Waals surface area contributed by atoms with Gasteiger partial charge in [0.1, 0.15) is 5.75 Å². The van der Waals surface area contributed by atoms with E-state index in [9.17, 15) is 4.79 Å². The van der Waals surface area contributed by atoms with Crippen LogP contribution in [0.15, 0.2) is 48.5 Å². The first-order valence-electron chi connectivity index (χ1n) is 8.96. The molecule has 0 aliphatic carbocycles. The topological polar surface area (TPSA) is 42.4 Å². The molecule has 0 N–H and O–H groups in total. The minimum atomic E-state index is 0.167. The number of carbonyl (C=O) groups excluding carboxylic acids is 1. The van der Waals surface area contributed by atoms with Gasteiger partial charge in [0.2, 0.25) is 5.91 Å². The van der Waals surface area contributed by atoms with Crippen LogP contribution < -0.4 is 4.74 Å². The smallest absolute Gasteiger partial charge is 0.222 e. The molecule has 3 aromatic rings. The molecule has 136 valence electrons. The van der Waals surface area contributed by atoms with Crippen LogP contribution in [0.3, 0.4) is 0 Å². The Hall–Kier alpha value is -2.40. The largest absolute Gasteiger partial charge is 0.494 e. The van der Waals surface area contributed by atoms with Crippen LogP contribution in [0.5, 0.6) is 5.75 Å². The summed E-state index contributed by atoms with van der Waals surface area (Å²) in [6, 6.07) is 16.1. The molecule has 1 amide bonds. The molecular weight excluding hydrogens is 344 g/mol. The van der Waals surface area contributed by atoms with Crippen LogP contribution >= 0.6 is 11.3 Å². The lowest BCUT2D eigenvalue weighted by molar-refractivity contribution is -0.130. The van der Waals surface area contributed by atoms with Gasteiger partial charge >= 0.3 is 0 Å². The number of aromatic nitrogens is 1. The molecule has 0 saturated heterocycles. The SMILES string of the molecule is CCOc1ccc(CN(C)C(=O)CCCc2nc3ccccc3s2)cc1. The lowest BCUT2D eigenvalue weighted by Crippen LogP contribution is -2.25. The average Bonchev–Trinajstić information content (AvgIpc) is 3.06. The minimum Gasteiger partial charge on any atom is -0.494 e. The Morgan fingerprint density at radius 1 is 1.15 bits per heavy atom. The fraction of sp³-hybridized carbons (Fsp3) is 0.333. The van der Waals surface area contributed by atoms with Crippen molar-refractivity contribution in [1.29, 1.82) is 0 Å². The quantitative estimate of drug-likeness (QED) is 0.580. The summed E-state index contributed by atoms with van der Waals surface area (Å²) in [4.78, 5) is 18.8. The predicted octanol–water partition coefficient (Wildman–Crippen LogP) is 4.68. The van der Waals surface area contributed by atoms with Crippen LogP contribution in [0.1, 0.15) is 30.3 Å². The molecule has 1 aromatic heterocycles. The molecule has 0 aliphatic rings. The Morgan fingerprint density at radius 2 is 1.92 bits per heavy atom. The van der Waals surface area contributed by atoms with Gasteiger partial charge in [0.05, 0.1) is 21.8 Å². The fourth-order valence-electron chi connectivity index (χ4n) is 2.83. The van der Waals surface area contributed by atoms with Gasteiger partial charge in [-0.25, -0.2) is 4.98 Å².